The van der Waals surface area contributed by atoms with Gasteiger partial charge in [0.15, 0.2) is 0 Å². The third kappa shape index (κ3) is 6.09. The van der Waals surface area contributed by atoms with Crippen LogP contribution in [0, 0.1) is 5.92 Å². The number of benzene rings is 1. The molecule has 0 radical (unpaired) electrons. The molecule has 27 heavy (non-hydrogen) atoms. The summed E-state index contributed by atoms with van der Waals surface area (Å²) < 4.78 is 0. The van der Waals surface area contributed by atoms with Gasteiger partial charge in [-0.05, 0) is 36.8 Å². The summed E-state index contributed by atoms with van der Waals surface area (Å²) in [5, 5.41) is 11.0. The summed E-state index contributed by atoms with van der Waals surface area (Å²) in [5.74, 6) is 2.13. The van der Waals surface area contributed by atoms with Crippen LogP contribution in [0.15, 0.2) is 29.4 Å². The summed E-state index contributed by atoms with van der Waals surface area (Å²) in [4.78, 5) is 16.7. The lowest BCUT2D eigenvalue weighted by Gasteiger charge is -2.14. The van der Waals surface area contributed by atoms with E-state index in [0.29, 0.717) is 10.9 Å². The standard InChI is InChI=1S/C21H30N4OS/c1-3-16-8-11-18(12-9-16)15(2)22-20(26)14-27-21-23-19(24-25-21)13-10-17-6-4-5-7-17/h8-9,11-12,15,17H,3-7,10,13-14H2,1-2H3,(H,22,26)(H,23,24,25). The van der Waals surface area contributed by atoms with Gasteiger partial charge in [-0.1, -0.05) is 68.6 Å². The zero-order valence-electron chi connectivity index (χ0n) is 16.3. The van der Waals surface area contributed by atoms with Crippen molar-refractivity contribution in [1.82, 2.24) is 20.5 Å². The van der Waals surface area contributed by atoms with Crippen LogP contribution < -0.4 is 5.32 Å². The minimum atomic E-state index is -0.00174. The maximum Gasteiger partial charge on any atom is 0.230 e. The fraction of sp³-hybridized carbons (Fsp3) is 0.571. The number of hydrogen-bond donors (Lipinski definition) is 2. The smallest absolute Gasteiger partial charge is 0.230 e. The number of amides is 1. The van der Waals surface area contributed by atoms with Crippen molar-refractivity contribution in [1.29, 1.82) is 0 Å². The van der Waals surface area contributed by atoms with Crippen LogP contribution >= 0.6 is 11.8 Å². The van der Waals surface area contributed by atoms with E-state index in [4.69, 9.17) is 0 Å². The van der Waals surface area contributed by atoms with E-state index >= 15 is 0 Å². The zero-order valence-corrected chi connectivity index (χ0v) is 17.1. The average molecular weight is 387 g/mol. The molecular formula is C21H30N4OS. The molecule has 0 bridgehead atoms. The molecule has 0 aliphatic heterocycles. The van der Waals surface area contributed by atoms with Gasteiger partial charge in [0.05, 0.1) is 11.8 Å². The van der Waals surface area contributed by atoms with Crippen LogP contribution in [0.4, 0.5) is 0 Å². The molecule has 1 saturated carbocycles. The number of H-pyrrole nitrogens is 1. The van der Waals surface area contributed by atoms with Crippen molar-refractivity contribution in [3.63, 3.8) is 0 Å². The molecule has 5 nitrogen and oxygen atoms in total. The number of carbonyl (C=O) groups excluding carboxylic acids is 1. The van der Waals surface area contributed by atoms with Crippen LogP contribution in [-0.4, -0.2) is 26.8 Å². The molecule has 1 aromatic carbocycles. The van der Waals surface area contributed by atoms with Crippen LogP contribution in [-0.2, 0) is 17.6 Å². The van der Waals surface area contributed by atoms with Crippen LogP contribution in [0.25, 0.3) is 0 Å². The van der Waals surface area contributed by atoms with Crippen LogP contribution in [0.3, 0.4) is 0 Å². The molecule has 1 atom stereocenters. The van der Waals surface area contributed by atoms with Crippen molar-refractivity contribution in [2.24, 2.45) is 5.92 Å². The second-order valence-corrected chi connectivity index (χ2v) is 8.37. The minimum absolute atomic E-state index is 0.00174. The first kappa shape index (κ1) is 19.9. The molecule has 1 amide bonds. The van der Waals surface area contributed by atoms with Crippen molar-refractivity contribution < 1.29 is 4.79 Å². The Morgan fingerprint density at radius 3 is 2.74 bits per heavy atom. The third-order valence-corrected chi connectivity index (χ3v) is 6.22. The van der Waals surface area contributed by atoms with Crippen LogP contribution in [0.1, 0.15) is 68.9 Å². The molecule has 0 saturated heterocycles. The third-order valence-electron chi connectivity index (χ3n) is 5.37. The predicted octanol–water partition coefficient (Wildman–Crippen LogP) is 4.46. The molecule has 2 N–H and O–H groups in total. The average Bonchev–Trinajstić information content (AvgIpc) is 3.36. The maximum absolute atomic E-state index is 12.2. The van der Waals surface area contributed by atoms with Gasteiger partial charge in [-0.3, -0.25) is 9.89 Å². The molecule has 1 aromatic heterocycles. The van der Waals surface area contributed by atoms with E-state index in [-0.39, 0.29) is 11.9 Å². The topological polar surface area (TPSA) is 70.7 Å². The Hall–Kier alpha value is -1.82. The van der Waals surface area contributed by atoms with E-state index in [1.807, 2.05) is 6.92 Å². The number of rotatable bonds is 9. The lowest BCUT2D eigenvalue weighted by molar-refractivity contribution is -0.119. The summed E-state index contributed by atoms with van der Waals surface area (Å²) in [6, 6.07) is 8.41. The van der Waals surface area contributed by atoms with Crippen molar-refractivity contribution >= 4 is 17.7 Å². The number of aromatic nitrogens is 3. The Balaban J connectivity index is 1.40. The van der Waals surface area contributed by atoms with E-state index in [1.54, 1.807) is 0 Å². The number of nitrogens with one attached hydrogen (secondary N) is 2. The highest BCUT2D eigenvalue weighted by molar-refractivity contribution is 7.99. The van der Waals surface area contributed by atoms with Crippen LogP contribution in [0.5, 0.6) is 0 Å². The summed E-state index contributed by atoms with van der Waals surface area (Å²) in [5.41, 5.74) is 2.43. The van der Waals surface area contributed by atoms with E-state index in [2.05, 4.69) is 51.7 Å². The summed E-state index contributed by atoms with van der Waals surface area (Å²) in [6.45, 7) is 4.15. The number of carbonyl (C=O) groups is 1. The fourth-order valence-corrected chi connectivity index (χ4v) is 4.26. The summed E-state index contributed by atoms with van der Waals surface area (Å²) in [6.07, 6.45) is 8.63. The molecule has 146 valence electrons. The van der Waals surface area contributed by atoms with Crippen molar-refractivity contribution in [3.8, 4) is 0 Å². The van der Waals surface area contributed by atoms with E-state index < -0.39 is 0 Å². The normalized spacial score (nSPS) is 15.8. The van der Waals surface area contributed by atoms with Gasteiger partial charge in [0, 0.05) is 6.42 Å². The number of nitrogens with zero attached hydrogens (tertiary/aromatic N) is 2. The Bertz CT molecular complexity index is 722. The molecular weight excluding hydrogens is 356 g/mol. The van der Waals surface area contributed by atoms with Gasteiger partial charge in [0.2, 0.25) is 11.1 Å². The molecule has 3 rings (SSSR count). The Labute approximate surface area is 166 Å². The first-order chi connectivity index (χ1) is 13.1. The first-order valence-electron chi connectivity index (χ1n) is 10.1. The van der Waals surface area contributed by atoms with E-state index in [1.165, 1.54) is 49.4 Å². The summed E-state index contributed by atoms with van der Waals surface area (Å²) >= 11 is 1.39. The summed E-state index contributed by atoms with van der Waals surface area (Å²) in [7, 11) is 0. The monoisotopic (exact) mass is 386 g/mol. The molecule has 6 heteroatoms. The van der Waals surface area contributed by atoms with Crippen molar-refractivity contribution in [2.75, 3.05) is 5.75 Å². The second-order valence-electron chi connectivity index (χ2n) is 7.43. The number of thioether (sulfide) groups is 1. The highest BCUT2D eigenvalue weighted by atomic mass is 32.2. The van der Waals surface area contributed by atoms with Crippen molar-refractivity contribution in [2.45, 2.75) is 70.0 Å². The quantitative estimate of drug-likeness (QED) is 0.624. The van der Waals surface area contributed by atoms with Gasteiger partial charge in [0.25, 0.3) is 0 Å². The minimum Gasteiger partial charge on any atom is -0.349 e. The lowest BCUT2D eigenvalue weighted by Crippen LogP contribution is -2.28. The van der Waals surface area contributed by atoms with Gasteiger partial charge >= 0.3 is 0 Å². The number of aryl methyl sites for hydroxylation is 2. The first-order valence-corrected chi connectivity index (χ1v) is 11.0. The van der Waals surface area contributed by atoms with Gasteiger partial charge in [0.1, 0.15) is 5.82 Å². The lowest BCUT2D eigenvalue weighted by atomic mass is 10.0. The fourth-order valence-electron chi connectivity index (χ4n) is 3.63. The Morgan fingerprint density at radius 1 is 1.30 bits per heavy atom. The zero-order chi connectivity index (χ0) is 19.1. The molecule has 0 spiro atoms. The second kappa shape index (κ2) is 9.93. The Morgan fingerprint density at radius 2 is 2.04 bits per heavy atom. The molecule has 1 aliphatic rings. The molecule has 1 heterocycles. The van der Waals surface area contributed by atoms with Gasteiger partial charge < -0.3 is 5.32 Å². The van der Waals surface area contributed by atoms with Gasteiger partial charge in [-0.15, -0.1) is 5.10 Å². The van der Waals surface area contributed by atoms with Crippen LogP contribution in [0.2, 0.25) is 0 Å². The SMILES string of the molecule is CCc1ccc(C(C)NC(=O)CSc2n[nH]c(CCC3CCCC3)n2)cc1. The highest BCUT2D eigenvalue weighted by Crippen LogP contribution is 2.28. The number of hydrogen-bond acceptors (Lipinski definition) is 4. The maximum atomic E-state index is 12.2. The molecule has 1 aliphatic carbocycles. The Kier molecular flexibility index (Phi) is 7.33. The molecule has 2 aromatic rings. The predicted molar refractivity (Wildman–Crippen MR) is 110 cm³/mol. The molecule has 1 fully saturated rings. The van der Waals surface area contributed by atoms with E-state index in [9.17, 15) is 4.79 Å². The number of aromatic amines is 1. The van der Waals surface area contributed by atoms with E-state index in [0.717, 1.165) is 30.1 Å². The van der Waals surface area contributed by atoms with Gasteiger partial charge in [-0.25, -0.2) is 4.98 Å². The highest BCUT2D eigenvalue weighted by Gasteiger charge is 2.16. The largest absolute Gasteiger partial charge is 0.349 e. The van der Waals surface area contributed by atoms with Crippen molar-refractivity contribution in [3.05, 3.63) is 41.2 Å². The van der Waals surface area contributed by atoms with Gasteiger partial charge in [-0.2, -0.15) is 0 Å². The molecule has 1 unspecified atom stereocenters.